The van der Waals surface area contributed by atoms with Crippen molar-refractivity contribution in [2.75, 3.05) is 26.0 Å². The van der Waals surface area contributed by atoms with Crippen LogP contribution in [-0.4, -0.2) is 92.3 Å². The number of primary amides is 1. The second-order valence-corrected chi connectivity index (χ2v) is 10.4. The van der Waals surface area contributed by atoms with Gasteiger partial charge in [0.05, 0.1) is 29.3 Å². The normalized spacial score (nSPS) is 30.1. The number of nitrogens with zero attached hydrogens (tertiary/aromatic N) is 1. The Balaban J connectivity index is 1.92. The lowest BCUT2D eigenvalue weighted by molar-refractivity contribution is -0.162. The van der Waals surface area contributed by atoms with Crippen molar-refractivity contribution in [1.82, 2.24) is 10.2 Å². The summed E-state index contributed by atoms with van der Waals surface area (Å²) in [5, 5.41) is 61.5. The lowest BCUT2D eigenvalue weighted by atomic mass is 9.55. The Labute approximate surface area is 223 Å². The number of hydrogen-bond donors (Lipinski definition) is 8. The molecule has 1 aromatic rings. The molecule has 9 N–H and O–H groups in total. The zero-order valence-electron chi connectivity index (χ0n) is 21.8. The highest BCUT2D eigenvalue weighted by molar-refractivity contribution is 6.25. The molecule has 0 aliphatic heterocycles. The molecule has 13 heteroatoms. The number of carbonyl (C=O) groups is 4. The molecule has 6 unspecified atom stereocenters. The van der Waals surface area contributed by atoms with Gasteiger partial charge in [-0.25, -0.2) is 4.79 Å². The van der Waals surface area contributed by atoms with Crippen LogP contribution < -0.4 is 16.4 Å². The van der Waals surface area contributed by atoms with Gasteiger partial charge < -0.3 is 41.9 Å². The van der Waals surface area contributed by atoms with E-state index in [9.17, 15) is 44.7 Å². The molecular weight excluding hydrogens is 512 g/mol. The number of urea groups is 1. The van der Waals surface area contributed by atoms with Crippen LogP contribution in [0.4, 0.5) is 10.5 Å². The van der Waals surface area contributed by atoms with Gasteiger partial charge in [0.1, 0.15) is 17.1 Å². The Bertz CT molecular complexity index is 1350. The molecule has 0 fully saturated rings. The van der Waals surface area contributed by atoms with Crippen molar-refractivity contribution in [1.29, 1.82) is 0 Å². The van der Waals surface area contributed by atoms with E-state index in [2.05, 4.69) is 10.6 Å². The van der Waals surface area contributed by atoms with E-state index in [1.165, 1.54) is 31.1 Å². The lowest BCUT2D eigenvalue weighted by Gasteiger charge is -2.53. The standard InChI is InChI=1S/C26H32N4O9/c1-5-8-28-25(38)29-11-7-6-10-9(2)12-14(19(32)13(10)18(11)31)22(35)26(39)16(20(12)33)17(30(3)4)21(34)15(23(26)36)24(27)37/h6-7,9,12,16-17,20,31,33-35,39H,5,8H2,1-4H3,(H2,27,37)(H2,28,29,38). The van der Waals surface area contributed by atoms with Crippen LogP contribution in [0.25, 0.3) is 0 Å². The van der Waals surface area contributed by atoms with Crippen molar-refractivity contribution < 1.29 is 44.7 Å². The molecule has 0 heterocycles. The number of aromatic hydroxyl groups is 1. The highest BCUT2D eigenvalue weighted by Crippen LogP contribution is 2.56. The summed E-state index contributed by atoms with van der Waals surface area (Å²) in [6.45, 7) is 3.84. The summed E-state index contributed by atoms with van der Waals surface area (Å²) in [5.41, 5.74) is 0.743. The average molecular weight is 545 g/mol. The number of aliphatic hydroxyl groups excluding tert-OH is 3. The number of phenols is 1. The predicted octanol–water partition coefficient (Wildman–Crippen LogP) is 0.184. The lowest BCUT2D eigenvalue weighted by Crippen LogP contribution is -2.68. The zero-order chi connectivity index (χ0) is 29.1. The van der Waals surface area contributed by atoms with Crippen LogP contribution in [0.5, 0.6) is 5.75 Å². The van der Waals surface area contributed by atoms with Crippen molar-refractivity contribution in [3.8, 4) is 5.75 Å². The Morgan fingerprint density at radius 2 is 1.79 bits per heavy atom. The van der Waals surface area contributed by atoms with Gasteiger partial charge in [0.15, 0.2) is 17.1 Å². The molecule has 0 saturated heterocycles. The van der Waals surface area contributed by atoms with Crippen molar-refractivity contribution in [2.45, 2.75) is 43.9 Å². The van der Waals surface area contributed by atoms with Crippen LogP contribution in [0.1, 0.15) is 42.1 Å². The Hall–Kier alpha value is -3.94. The third-order valence-electron chi connectivity index (χ3n) is 7.92. The second-order valence-electron chi connectivity index (χ2n) is 10.4. The van der Waals surface area contributed by atoms with Crippen LogP contribution in [0.2, 0.25) is 0 Å². The van der Waals surface area contributed by atoms with Gasteiger partial charge in [-0.2, -0.15) is 0 Å². The summed E-state index contributed by atoms with van der Waals surface area (Å²) in [6.07, 6.45) is -1.01. The zero-order valence-corrected chi connectivity index (χ0v) is 21.8. The van der Waals surface area contributed by atoms with Gasteiger partial charge in [-0.3, -0.25) is 19.3 Å². The van der Waals surface area contributed by atoms with Gasteiger partial charge in [-0.1, -0.05) is 19.9 Å². The van der Waals surface area contributed by atoms with E-state index < -0.39 is 87.4 Å². The quantitative estimate of drug-likeness (QED) is 0.185. The topological polar surface area (TPSA) is 223 Å². The number of nitrogens with one attached hydrogen (secondary N) is 2. The fourth-order valence-corrected chi connectivity index (χ4v) is 6.13. The minimum atomic E-state index is -2.99. The first kappa shape index (κ1) is 28.1. The molecule has 0 saturated carbocycles. The molecule has 1 aromatic carbocycles. The number of hydrogen-bond acceptors (Lipinski definition) is 10. The average Bonchev–Trinajstić information content (AvgIpc) is 2.85. The van der Waals surface area contributed by atoms with Crippen molar-refractivity contribution >= 4 is 29.2 Å². The predicted molar refractivity (Wildman–Crippen MR) is 137 cm³/mol. The van der Waals surface area contributed by atoms with E-state index >= 15 is 0 Å². The summed E-state index contributed by atoms with van der Waals surface area (Å²) in [5.74, 6) is -9.80. The smallest absolute Gasteiger partial charge is 0.319 e. The molecule has 3 aliphatic rings. The number of nitrogens with two attached hydrogens (primary N) is 1. The van der Waals surface area contributed by atoms with E-state index in [0.29, 0.717) is 18.5 Å². The summed E-state index contributed by atoms with van der Waals surface area (Å²) in [6, 6.07) is 0.928. The van der Waals surface area contributed by atoms with Crippen molar-refractivity contribution in [3.63, 3.8) is 0 Å². The van der Waals surface area contributed by atoms with E-state index in [1.54, 1.807) is 6.92 Å². The first-order valence-corrected chi connectivity index (χ1v) is 12.4. The molecular formula is C26H32N4O9. The molecule has 3 amide bonds. The summed E-state index contributed by atoms with van der Waals surface area (Å²) in [7, 11) is 2.93. The molecule has 4 rings (SSSR count). The first-order chi connectivity index (χ1) is 18.2. The SMILES string of the molecule is CCCNC(=O)Nc1ccc2c(c1O)C(=O)C1=C(O)C3(O)C(=O)C(C(N)=O)=C(O)C(N(C)C)C3C(O)C1C2C. The Morgan fingerprint density at radius 3 is 2.36 bits per heavy atom. The number of Topliss-reactive ketones (excluding diaryl/α,β-unsaturated/α-hetero) is 2. The van der Waals surface area contributed by atoms with E-state index in [4.69, 9.17) is 5.73 Å². The van der Waals surface area contributed by atoms with Gasteiger partial charge in [0.25, 0.3) is 5.91 Å². The number of likely N-dealkylation sites (N-methyl/N-ethyl adjacent to an activating group) is 1. The summed E-state index contributed by atoms with van der Waals surface area (Å²) >= 11 is 0. The van der Waals surface area contributed by atoms with Gasteiger partial charge in [-0.05, 0) is 38.1 Å². The number of carbonyl (C=O) groups excluding carboxylic acids is 4. The third kappa shape index (κ3) is 3.87. The maximum atomic E-state index is 13.8. The molecule has 6 atom stereocenters. The second kappa shape index (κ2) is 9.67. The van der Waals surface area contributed by atoms with Gasteiger partial charge in [-0.15, -0.1) is 0 Å². The number of benzene rings is 1. The Kier molecular flexibility index (Phi) is 6.96. The maximum Gasteiger partial charge on any atom is 0.319 e. The number of ketones is 2. The van der Waals surface area contributed by atoms with Gasteiger partial charge in [0.2, 0.25) is 5.78 Å². The molecule has 0 radical (unpaired) electrons. The highest BCUT2D eigenvalue weighted by Gasteiger charge is 2.67. The molecule has 13 nitrogen and oxygen atoms in total. The van der Waals surface area contributed by atoms with Crippen LogP contribution in [0.3, 0.4) is 0 Å². The summed E-state index contributed by atoms with van der Waals surface area (Å²) in [4.78, 5) is 52.8. The molecule has 3 aliphatic carbocycles. The molecule has 210 valence electrons. The maximum absolute atomic E-state index is 13.8. The van der Waals surface area contributed by atoms with E-state index in [-0.39, 0.29) is 11.3 Å². The van der Waals surface area contributed by atoms with E-state index in [1.807, 2.05) is 6.92 Å². The summed E-state index contributed by atoms with van der Waals surface area (Å²) < 4.78 is 0. The van der Waals surface area contributed by atoms with Crippen molar-refractivity contribution in [2.24, 2.45) is 17.6 Å². The fraction of sp³-hybridized carbons (Fsp3) is 0.462. The van der Waals surface area contributed by atoms with Gasteiger partial charge >= 0.3 is 6.03 Å². The van der Waals surface area contributed by atoms with Gasteiger partial charge in [0, 0.05) is 18.0 Å². The first-order valence-electron chi connectivity index (χ1n) is 12.4. The number of rotatable bonds is 5. The van der Waals surface area contributed by atoms with Crippen molar-refractivity contribution in [3.05, 3.63) is 45.9 Å². The minimum absolute atomic E-state index is 0.0975. The van der Waals surface area contributed by atoms with E-state index in [0.717, 1.165) is 0 Å². The largest absolute Gasteiger partial charge is 0.510 e. The third-order valence-corrected chi connectivity index (χ3v) is 7.92. The molecule has 0 spiro atoms. The Morgan fingerprint density at radius 1 is 1.15 bits per heavy atom. The number of fused-ring (bicyclic) bond motifs is 3. The van der Waals surface area contributed by atoms with Crippen LogP contribution >= 0.6 is 0 Å². The van der Waals surface area contributed by atoms with Crippen LogP contribution in [-0.2, 0) is 9.59 Å². The molecule has 0 bridgehead atoms. The number of anilines is 1. The molecule has 39 heavy (non-hydrogen) atoms. The fourth-order valence-electron chi connectivity index (χ4n) is 6.13. The van der Waals surface area contributed by atoms with Crippen LogP contribution in [0, 0.1) is 11.8 Å². The highest BCUT2D eigenvalue weighted by atomic mass is 16.4. The molecule has 0 aromatic heterocycles. The monoisotopic (exact) mass is 544 g/mol. The number of aliphatic hydroxyl groups is 4. The minimum Gasteiger partial charge on any atom is -0.510 e. The van der Waals surface area contributed by atoms with Crippen LogP contribution in [0.15, 0.2) is 34.8 Å². The number of amides is 3. The number of phenolic OH excluding ortho intramolecular Hbond substituents is 1.